The number of benzene rings is 1. The summed E-state index contributed by atoms with van der Waals surface area (Å²) in [6.07, 6.45) is 2.50. The monoisotopic (exact) mass is 431 g/mol. The Hall–Kier alpha value is -3.10. The number of nitrogens with one attached hydrogen (secondary N) is 3. The standard InChI is InChI=1S/C22H29N3O6/c1-30-21(28)18(12-16-9-10-23-19(16)26)24-20(27)17(11-14-7-8-14)25-22(29)31-13-15-5-3-2-4-6-15/h2-6,14,16-18H,7-13H2,1H3,(H,23,26)(H,24,27)(H,25,29)/t16-,17-,18-/m0/s1. The molecule has 9 nitrogen and oxygen atoms in total. The van der Waals surface area contributed by atoms with E-state index in [1.54, 1.807) is 0 Å². The summed E-state index contributed by atoms with van der Waals surface area (Å²) in [4.78, 5) is 49.3. The number of carbonyl (C=O) groups excluding carboxylic acids is 4. The summed E-state index contributed by atoms with van der Waals surface area (Å²) >= 11 is 0. The van der Waals surface area contributed by atoms with E-state index < -0.39 is 30.1 Å². The van der Waals surface area contributed by atoms with Crippen LogP contribution < -0.4 is 16.0 Å². The number of methoxy groups -OCH3 is 1. The minimum Gasteiger partial charge on any atom is -0.467 e. The normalized spacial score (nSPS) is 19.6. The molecule has 0 bridgehead atoms. The Balaban J connectivity index is 1.58. The van der Waals surface area contributed by atoms with Crippen LogP contribution in [0.2, 0.25) is 0 Å². The zero-order valence-corrected chi connectivity index (χ0v) is 17.6. The summed E-state index contributed by atoms with van der Waals surface area (Å²) in [5.41, 5.74) is 0.835. The maximum Gasteiger partial charge on any atom is 0.408 e. The van der Waals surface area contributed by atoms with E-state index in [9.17, 15) is 19.2 Å². The number of alkyl carbamates (subject to hydrolysis) is 1. The van der Waals surface area contributed by atoms with E-state index >= 15 is 0 Å². The predicted octanol–water partition coefficient (Wildman–Crippen LogP) is 1.27. The second kappa shape index (κ2) is 10.8. The van der Waals surface area contributed by atoms with Gasteiger partial charge >= 0.3 is 12.1 Å². The van der Waals surface area contributed by atoms with Gasteiger partial charge in [0.15, 0.2) is 0 Å². The predicted molar refractivity (Wildman–Crippen MR) is 111 cm³/mol. The molecule has 1 saturated carbocycles. The number of ether oxygens (including phenoxy) is 2. The van der Waals surface area contributed by atoms with Crippen LogP contribution in [0.25, 0.3) is 0 Å². The van der Waals surface area contributed by atoms with E-state index in [0.717, 1.165) is 18.4 Å². The van der Waals surface area contributed by atoms with E-state index in [1.165, 1.54) is 7.11 Å². The van der Waals surface area contributed by atoms with Crippen LogP contribution in [0.3, 0.4) is 0 Å². The molecule has 2 fully saturated rings. The van der Waals surface area contributed by atoms with Gasteiger partial charge in [-0.1, -0.05) is 43.2 Å². The summed E-state index contributed by atoms with van der Waals surface area (Å²) in [5.74, 6) is -1.26. The van der Waals surface area contributed by atoms with Gasteiger partial charge in [0.2, 0.25) is 11.8 Å². The third kappa shape index (κ3) is 6.97. The molecule has 1 aromatic carbocycles. The van der Waals surface area contributed by atoms with Gasteiger partial charge in [-0.2, -0.15) is 0 Å². The van der Waals surface area contributed by atoms with Gasteiger partial charge in [-0.15, -0.1) is 0 Å². The number of rotatable bonds is 10. The van der Waals surface area contributed by atoms with Crippen LogP contribution in [-0.2, 0) is 30.5 Å². The molecule has 1 aromatic rings. The largest absolute Gasteiger partial charge is 0.467 e. The number of hydrogen-bond acceptors (Lipinski definition) is 6. The van der Waals surface area contributed by atoms with Gasteiger partial charge < -0.3 is 25.4 Å². The summed E-state index contributed by atoms with van der Waals surface area (Å²) in [6, 6.07) is 7.43. The van der Waals surface area contributed by atoms with Crippen molar-refractivity contribution in [2.24, 2.45) is 11.8 Å². The first kappa shape index (κ1) is 22.6. The fourth-order valence-corrected chi connectivity index (χ4v) is 3.61. The first-order chi connectivity index (χ1) is 15.0. The van der Waals surface area contributed by atoms with Crippen molar-refractivity contribution in [2.45, 2.75) is 50.8 Å². The highest BCUT2D eigenvalue weighted by Gasteiger charge is 2.35. The van der Waals surface area contributed by atoms with Gasteiger partial charge in [0, 0.05) is 12.5 Å². The first-order valence-electron chi connectivity index (χ1n) is 10.6. The Bertz CT molecular complexity index is 796. The molecule has 0 radical (unpaired) electrons. The van der Waals surface area contributed by atoms with E-state index in [4.69, 9.17) is 9.47 Å². The Morgan fingerprint density at radius 1 is 1.06 bits per heavy atom. The lowest BCUT2D eigenvalue weighted by Crippen LogP contribution is -2.52. The van der Waals surface area contributed by atoms with Crippen LogP contribution >= 0.6 is 0 Å². The average molecular weight is 431 g/mol. The van der Waals surface area contributed by atoms with Crippen molar-refractivity contribution < 1.29 is 28.7 Å². The highest BCUT2D eigenvalue weighted by molar-refractivity contribution is 5.90. The van der Waals surface area contributed by atoms with Gasteiger partial charge in [0.1, 0.15) is 18.7 Å². The third-order valence-corrected chi connectivity index (χ3v) is 5.57. The van der Waals surface area contributed by atoms with E-state index in [1.807, 2.05) is 30.3 Å². The van der Waals surface area contributed by atoms with Crippen molar-refractivity contribution in [1.82, 2.24) is 16.0 Å². The molecule has 2 aliphatic rings. The van der Waals surface area contributed by atoms with Gasteiger partial charge in [-0.3, -0.25) is 9.59 Å². The molecule has 3 rings (SSSR count). The lowest BCUT2D eigenvalue weighted by molar-refractivity contribution is -0.146. The minimum atomic E-state index is -0.963. The first-order valence-corrected chi connectivity index (χ1v) is 10.6. The van der Waals surface area contributed by atoms with Crippen molar-refractivity contribution in [1.29, 1.82) is 0 Å². The molecule has 3 atom stereocenters. The van der Waals surface area contributed by atoms with Crippen LogP contribution in [-0.4, -0.2) is 49.6 Å². The Kier molecular flexibility index (Phi) is 7.86. The van der Waals surface area contributed by atoms with E-state index in [-0.39, 0.29) is 24.9 Å². The Morgan fingerprint density at radius 3 is 2.42 bits per heavy atom. The molecule has 0 spiro atoms. The summed E-state index contributed by atoms with van der Waals surface area (Å²) in [6.45, 7) is 0.635. The molecule has 9 heteroatoms. The molecule has 1 aliphatic heterocycles. The van der Waals surface area contributed by atoms with Crippen molar-refractivity contribution in [3.05, 3.63) is 35.9 Å². The van der Waals surface area contributed by atoms with Crippen LogP contribution in [0.5, 0.6) is 0 Å². The highest BCUT2D eigenvalue weighted by atomic mass is 16.5. The lowest BCUT2D eigenvalue weighted by atomic mass is 9.98. The van der Waals surface area contributed by atoms with Gasteiger partial charge in [-0.25, -0.2) is 9.59 Å². The number of amides is 3. The molecule has 3 amide bonds. The zero-order chi connectivity index (χ0) is 22.2. The maximum atomic E-state index is 12.9. The van der Waals surface area contributed by atoms with Crippen molar-refractivity contribution in [3.8, 4) is 0 Å². The Morgan fingerprint density at radius 2 is 1.81 bits per heavy atom. The minimum absolute atomic E-state index is 0.0893. The Labute approximate surface area is 181 Å². The second-order valence-electron chi connectivity index (χ2n) is 8.03. The molecule has 1 heterocycles. The molecular formula is C22H29N3O6. The van der Waals surface area contributed by atoms with Gasteiger partial charge in [0.05, 0.1) is 7.11 Å². The lowest BCUT2D eigenvalue weighted by Gasteiger charge is -2.23. The van der Waals surface area contributed by atoms with Crippen LogP contribution in [0.15, 0.2) is 30.3 Å². The SMILES string of the molecule is COC(=O)[C@H](C[C@@H]1CCNC1=O)NC(=O)[C@H](CC1CC1)NC(=O)OCc1ccccc1. The average Bonchev–Trinajstić information content (AvgIpc) is 3.51. The van der Waals surface area contributed by atoms with Crippen molar-refractivity contribution in [3.63, 3.8) is 0 Å². The number of esters is 1. The van der Waals surface area contributed by atoms with Crippen LogP contribution in [0, 0.1) is 11.8 Å². The van der Waals surface area contributed by atoms with E-state index in [0.29, 0.717) is 25.3 Å². The molecule has 0 unspecified atom stereocenters. The summed E-state index contributed by atoms with van der Waals surface area (Å²) in [5, 5.41) is 8.00. The molecule has 31 heavy (non-hydrogen) atoms. The number of hydrogen-bond donors (Lipinski definition) is 3. The van der Waals surface area contributed by atoms with Gasteiger partial charge in [0.25, 0.3) is 0 Å². The molecule has 1 aliphatic carbocycles. The summed E-state index contributed by atoms with van der Waals surface area (Å²) < 4.78 is 10.0. The third-order valence-electron chi connectivity index (χ3n) is 5.57. The summed E-state index contributed by atoms with van der Waals surface area (Å²) in [7, 11) is 1.23. The molecular weight excluding hydrogens is 402 g/mol. The molecule has 1 saturated heterocycles. The maximum absolute atomic E-state index is 12.9. The smallest absolute Gasteiger partial charge is 0.408 e. The van der Waals surface area contributed by atoms with E-state index in [2.05, 4.69) is 16.0 Å². The number of carbonyl (C=O) groups is 4. The van der Waals surface area contributed by atoms with Crippen LogP contribution in [0.1, 0.15) is 37.7 Å². The van der Waals surface area contributed by atoms with Crippen molar-refractivity contribution >= 4 is 23.9 Å². The highest BCUT2D eigenvalue weighted by Crippen LogP contribution is 2.33. The molecule has 3 N–H and O–H groups in total. The zero-order valence-electron chi connectivity index (χ0n) is 17.6. The van der Waals surface area contributed by atoms with Crippen LogP contribution in [0.4, 0.5) is 4.79 Å². The van der Waals surface area contributed by atoms with Gasteiger partial charge in [-0.05, 0) is 30.7 Å². The quantitative estimate of drug-likeness (QED) is 0.480. The topological polar surface area (TPSA) is 123 Å². The molecule has 0 aromatic heterocycles. The fourth-order valence-electron chi connectivity index (χ4n) is 3.61. The molecule has 168 valence electrons. The fraction of sp³-hybridized carbons (Fsp3) is 0.545. The van der Waals surface area contributed by atoms with Crippen molar-refractivity contribution in [2.75, 3.05) is 13.7 Å². The second-order valence-corrected chi connectivity index (χ2v) is 8.03.